The number of benzene rings is 2. The van der Waals surface area contributed by atoms with Gasteiger partial charge in [0.05, 0.1) is 13.1 Å². The fourth-order valence-corrected chi connectivity index (χ4v) is 3.29. The van der Waals surface area contributed by atoms with Crippen LogP contribution in [0.25, 0.3) is 16.9 Å². The SMILES string of the molecule is O=C(O)C(=O)/C=C(\O)c1nc2c(=O)n(Cc3ccccc3)cnc2n1Cc1ccccc1. The minimum Gasteiger partial charge on any atom is -0.504 e. The molecule has 2 N–H and O–H groups in total. The number of aliphatic hydroxyl groups is 1. The Balaban J connectivity index is 1.85. The Morgan fingerprint density at radius 2 is 1.50 bits per heavy atom. The molecule has 0 radical (unpaired) electrons. The summed E-state index contributed by atoms with van der Waals surface area (Å²) in [5, 5.41) is 19.3. The summed E-state index contributed by atoms with van der Waals surface area (Å²) in [7, 11) is 0. The molecule has 9 heteroatoms. The summed E-state index contributed by atoms with van der Waals surface area (Å²) in [6, 6.07) is 18.5. The number of carbonyl (C=O) groups excluding carboxylic acids is 1. The molecular weight excluding hydrogens is 412 g/mol. The Morgan fingerprint density at radius 1 is 0.906 bits per heavy atom. The van der Waals surface area contributed by atoms with Crippen molar-refractivity contribution in [3.8, 4) is 0 Å². The van der Waals surface area contributed by atoms with E-state index in [1.807, 2.05) is 60.7 Å². The van der Waals surface area contributed by atoms with E-state index >= 15 is 0 Å². The molecule has 2 aromatic heterocycles. The van der Waals surface area contributed by atoms with Gasteiger partial charge in [-0.25, -0.2) is 14.8 Å². The lowest BCUT2D eigenvalue weighted by atomic mass is 10.2. The van der Waals surface area contributed by atoms with Crippen molar-refractivity contribution in [3.05, 3.63) is 100 Å². The van der Waals surface area contributed by atoms with E-state index in [9.17, 15) is 19.5 Å². The zero-order chi connectivity index (χ0) is 22.7. The molecule has 0 bridgehead atoms. The van der Waals surface area contributed by atoms with Crippen molar-refractivity contribution in [1.29, 1.82) is 0 Å². The molecule has 0 fully saturated rings. The van der Waals surface area contributed by atoms with Crippen molar-refractivity contribution < 1.29 is 19.8 Å². The van der Waals surface area contributed by atoms with Gasteiger partial charge in [0.2, 0.25) is 0 Å². The van der Waals surface area contributed by atoms with Crippen LogP contribution in [-0.4, -0.2) is 41.1 Å². The zero-order valence-corrected chi connectivity index (χ0v) is 16.8. The lowest BCUT2D eigenvalue weighted by molar-refractivity contribution is -0.146. The van der Waals surface area contributed by atoms with Crippen LogP contribution < -0.4 is 5.56 Å². The predicted molar refractivity (Wildman–Crippen MR) is 116 cm³/mol. The molecule has 0 amide bonds. The average molecular weight is 430 g/mol. The number of rotatable bonds is 7. The lowest BCUT2D eigenvalue weighted by Crippen LogP contribution is -2.21. The van der Waals surface area contributed by atoms with E-state index in [0.717, 1.165) is 11.1 Å². The van der Waals surface area contributed by atoms with Crippen LogP contribution in [0.4, 0.5) is 0 Å². The molecule has 2 heterocycles. The summed E-state index contributed by atoms with van der Waals surface area (Å²) < 4.78 is 2.87. The Hall–Kier alpha value is -4.53. The lowest BCUT2D eigenvalue weighted by Gasteiger charge is -2.09. The van der Waals surface area contributed by atoms with Crippen molar-refractivity contribution in [2.75, 3.05) is 0 Å². The monoisotopic (exact) mass is 430 g/mol. The van der Waals surface area contributed by atoms with Gasteiger partial charge in [0.25, 0.3) is 11.3 Å². The standard InChI is InChI=1S/C23H18N4O5/c28-17(11-18(29)23(31)32)20-25-19-21(27(20)13-16-9-5-2-6-10-16)24-14-26(22(19)30)12-15-7-3-1-4-8-15/h1-11,14,28H,12-13H2,(H,31,32)/b17-11-. The highest BCUT2D eigenvalue weighted by Gasteiger charge is 2.21. The Labute approximate surface area is 181 Å². The van der Waals surface area contributed by atoms with Gasteiger partial charge in [-0.05, 0) is 11.1 Å². The normalized spacial score (nSPS) is 11.6. The Kier molecular flexibility index (Phi) is 5.63. The highest BCUT2D eigenvalue weighted by molar-refractivity contribution is 6.38. The number of nitrogens with zero attached hydrogens (tertiary/aromatic N) is 4. The van der Waals surface area contributed by atoms with Crippen LogP contribution in [-0.2, 0) is 22.7 Å². The van der Waals surface area contributed by atoms with Gasteiger partial charge >= 0.3 is 5.97 Å². The number of fused-ring (bicyclic) bond motifs is 1. The van der Waals surface area contributed by atoms with Crippen LogP contribution in [0.5, 0.6) is 0 Å². The van der Waals surface area contributed by atoms with Crippen molar-refractivity contribution in [2.24, 2.45) is 0 Å². The Bertz CT molecular complexity index is 1390. The van der Waals surface area contributed by atoms with Crippen molar-refractivity contribution >= 4 is 28.7 Å². The van der Waals surface area contributed by atoms with Gasteiger partial charge < -0.3 is 14.8 Å². The number of carboxylic acid groups (broad SMARTS) is 1. The second kappa shape index (κ2) is 8.68. The van der Waals surface area contributed by atoms with E-state index in [0.29, 0.717) is 6.08 Å². The van der Waals surface area contributed by atoms with Gasteiger partial charge in [0, 0.05) is 6.08 Å². The number of aliphatic carboxylic acids is 1. The topological polar surface area (TPSA) is 127 Å². The number of carboxylic acids is 1. The molecule has 0 atom stereocenters. The van der Waals surface area contributed by atoms with Crippen LogP contribution in [0, 0.1) is 0 Å². The molecule has 4 rings (SSSR count). The number of imidazole rings is 1. The fourth-order valence-electron chi connectivity index (χ4n) is 3.29. The molecule has 9 nitrogen and oxygen atoms in total. The molecule has 2 aromatic carbocycles. The first kappa shape index (κ1) is 20.7. The van der Waals surface area contributed by atoms with Gasteiger partial charge in [0.1, 0.15) is 6.33 Å². The second-order valence-electron chi connectivity index (χ2n) is 7.04. The van der Waals surface area contributed by atoms with Crippen LogP contribution in [0.2, 0.25) is 0 Å². The summed E-state index contributed by atoms with van der Waals surface area (Å²) in [6.07, 6.45) is 1.96. The first-order valence-corrected chi connectivity index (χ1v) is 9.66. The summed E-state index contributed by atoms with van der Waals surface area (Å²) >= 11 is 0. The van der Waals surface area contributed by atoms with Crippen LogP contribution in [0.1, 0.15) is 17.0 Å². The molecule has 0 saturated carbocycles. The number of carbonyl (C=O) groups is 2. The minimum atomic E-state index is -1.72. The minimum absolute atomic E-state index is 0.00270. The maximum Gasteiger partial charge on any atom is 0.376 e. The molecular formula is C23H18N4O5. The molecule has 0 unspecified atom stereocenters. The summed E-state index contributed by atoms with van der Waals surface area (Å²) in [5.74, 6) is -3.82. The summed E-state index contributed by atoms with van der Waals surface area (Å²) in [6.45, 7) is 0.476. The number of aliphatic hydroxyl groups excluding tert-OH is 1. The third kappa shape index (κ3) is 4.17. The molecule has 0 aliphatic heterocycles. The van der Waals surface area contributed by atoms with Gasteiger partial charge in [-0.2, -0.15) is 0 Å². The van der Waals surface area contributed by atoms with Crippen molar-refractivity contribution in [3.63, 3.8) is 0 Å². The molecule has 32 heavy (non-hydrogen) atoms. The predicted octanol–water partition coefficient (Wildman–Crippen LogP) is 2.24. The van der Waals surface area contributed by atoms with Crippen LogP contribution in [0.3, 0.4) is 0 Å². The van der Waals surface area contributed by atoms with E-state index < -0.39 is 23.1 Å². The van der Waals surface area contributed by atoms with Gasteiger partial charge in [-0.15, -0.1) is 0 Å². The third-order valence-corrected chi connectivity index (χ3v) is 4.81. The van der Waals surface area contributed by atoms with Gasteiger partial charge in [-0.1, -0.05) is 60.7 Å². The first-order chi connectivity index (χ1) is 15.4. The molecule has 0 aliphatic carbocycles. The van der Waals surface area contributed by atoms with Crippen molar-refractivity contribution in [1.82, 2.24) is 19.1 Å². The van der Waals surface area contributed by atoms with Gasteiger partial charge in [-0.3, -0.25) is 14.2 Å². The van der Waals surface area contributed by atoms with E-state index in [2.05, 4.69) is 9.97 Å². The van der Waals surface area contributed by atoms with Gasteiger partial charge in [0.15, 0.2) is 22.7 Å². The molecule has 0 saturated heterocycles. The van der Waals surface area contributed by atoms with E-state index in [-0.39, 0.29) is 30.1 Å². The maximum atomic E-state index is 13.1. The van der Waals surface area contributed by atoms with E-state index in [4.69, 9.17) is 5.11 Å². The Morgan fingerprint density at radius 3 is 2.09 bits per heavy atom. The zero-order valence-electron chi connectivity index (χ0n) is 16.8. The first-order valence-electron chi connectivity index (χ1n) is 9.66. The van der Waals surface area contributed by atoms with Crippen LogP contribution >= 0.6 is 0 Å². The quantitative estimate of drug-likeness (QED) is 0.261. The molecule has 0 spiro atoms. The molecule has 160 valence electrons. The largest absolute Gasteiger partial charge is 0.504 e. The highest BCUT2D eigenvalue weighted by Crippen LogP contribution is 2.19. The summed E-state index contributed by atoms with van der Waals surface area (Å²) in [4.78, 5) is 44.2. The smallest absolute Gasteiger partial charge is 0.376 e. The van der Waals surface area contributed by atoms with E-state index in [1.54, 1.807) is 0 Å². The van der Waals surface area contributed by atoms with Crippen molar-refractivity contribution in [2.45, 2.75) is 13.1 Å². The number of ketones is 1. The number of hydrogen-bond donors (Lipinski definition) is 2. The number of hydrogen-bond acceptors (Lipinski definition) is 6. The maximum absolute atomic E-state index is 13.1. The van der Waals surface area contributed by atoms with Crippen LogP contribution in [0.15, 0.2) is 77.9 Å². The number of aromatic nitrogens is 4. The average Bonchev–Trinajstić information content (AvgIpc) is 3.16. The fraction of sp³-hybridized carbons (Fsp3) is 0.0870. The summed E-state index contributed by atoms with van der Waals surface area (Å²) in [5.41, 5.74) is 1.51. The second-order valence-corrected chi connectivity index (χ2v) is 7.04. The van der Waals surface area contributed by atoms with E-state index in [1.165, 1.54) is 15.5 Å². The molecule has 4 aromatic rings. The molecule has 0 aliphatic rings. The highest BCUT2D eigenvalue weighted by atomic mass is 16.4. The third-order valence-electron chi connectivity index (χ3n) is 4.81.